The second-order valence-electron chi connectivity index (χ2n) is 4.54. The Kier molecular flexibility index (Phi) is 3.24. The maximum absolute atomic E-state index is 11.5. The van der Waals surface area contributed by atoms with Gasteiger partial charge in [-0.05, 0) is 5.41 Å². The van der Waals surface area contributed by atoms with Gasteiger partial charge in [-0.15, -0.1) is 0 Å². The van der Waals surface area contributed by atoms with Crippen molar-refractivity contribution >= 4 is 5.91 Å². The number of carbonyl (C=O) groups excluding carboxylic acids is 1. The molecule has 0 aliphatic rings. The minimum Gasteiger partial charge on any atom is -0.350 e. The van der Waals surface area contributed by atoms with Crippen LogP contribution in [0.2, 0.25) is 0 Å². The molecule has 1 rings (SSSR count). The van der Waals surface area contributed by atoms with Gasteiger partial charge in [0.15, 0.2) is 0 Å². The van der Waals surface area contributed by atoms with Crippen LogP contribution in [0.5, 0.6) is 0 Å². The number of hydrogen-bond acceptors (Lipinski definition) is 3. The van der Waals surface area contributed by atoms with Crippen molar-refractivity contribution in [2.75, 3.05) is 6.54 Å². The number of aromatic nitrogens is 2. The van der Waals surface area contributed by atoms with Crippen LogP contribution in [-0.2, 0) is 0 Å². The highest BCUT2D eigenvalue weighted by Crippen LogP contribution is 2.10. The van der Waals surface area contributed by atoms with E-state index in [0.717, 1.165) is 6.20 Å². The minimum absolute atomic E-state index is 0.0256. The molecule has 15 heavy (non-hydrogen) atoms. The SMILES string of the molecule is CC(C)(C)CNC(=O)c1c[nH]c(=O)cn1. The highest BCUT2D eigenvalue weighted by atomic mass is 16.2. The van der Waals surface area contributed by atoms with Gasteiger partial charge in [0.05, 0.1) is 6.20 Å². The Morgan fingerprint density at radius 3 is 2.67 bits per heavy atom. The average molecular weight is 209 g/mol. The van der Waals surface area contributed by atoms with E-state index in [4.69, 9.17) is 0 Å². The quantitative estimate of drug-likeness (QED) is 0.746. The van der Waals surface area contributed by atoms with Gasteiger partial charge in [-0.25, -0.2) is 4.98 Å². The lowest BCUT2D eigenvalue weighted by Gasteiger charge is -2.18. The molecule has 0 aromatic carbocycles. The van der Waals surface area contributed by atoms with E-state index in [0.29, 0.717) is 6.54 Å². The second-order valence-corrected chi connectivity index (χ2v) is 4.54. The highest BCUT2D eigenvalue weighted by Gasteiger charge is 2.13. The van der Waals surface area contributed by atoms with E-state index in [1.165, 1.54) is 6.20 Å². The fraction of sp³-hybridized carbons (Fsp3) is 0.500. The van der Waals surface area contributed by atoms with Crippen LogP contribution in [0, 0.1) is 5.41 Å². The van der Waals surface area contributed by atoms with Crippen molar-refractivity contribution in [2.24, 2.45) is 5.41 Å². The molecular formula is C10H15N3O2. The van der Waals surface area contributed by atoms with Crippen LogP contribution in [0.3, 0.4) is 0 Å². The van der Waals surface area contributed by atoms with Gasteiger partial charge in [-0.2, -0.15) is 0 Å². The summed E-state index contributed by atoms with van der Waals surface area (Å²) in [5, 5.41) is 2.73. The number of hydrogen-bond donors (Lipinski definition) is 2. The summed E-state index contributed by atoms with van der Waals surface area (Å²) in [5.41, 5.74) is -0.0704. The van der Waals surface area contributed by atoms with Crippen molar-refractivity contribution in [3.8, 4) is 0 Å². The van der Waals surface area contributed by atoms with Crippen LogP contribution in [0.1, 0.15) is 31.3 Å². The molecule has 0 fully saturated rings. The first-order valence-electron chi connectivity index (χ1n) is 4.71. The summed E-state index contributed by atoms with van der Waals surface area (Å²) < 4.78 is 0. The molecule has 0 saturated carbocycles. The molecular weight excluding hydrogens is 194 g/mol. The van der Waals surface area contributed by atoms with Crippen molar-refractivity contribution in [2.45, 2.75) is 20.8 Å². The molecule has 0 bridgehead atoms. The molecule has 2 N–H and O–H groups in total. The van der Waals surface area contributed by atoms with Crippen LogP contribution < -0.4 is 10.9 Å². The predicted molar refractivity (Wildman–Crippen MR) is 56.6 cm³/mol. The molecule has 0 unspecified atom stereocenters. The molecule has 0 atom stereocenters. The highest BCUT2D eigenvalue weighted by molar-refractivity contribution is 5.91. The molecule has 0 aliphatic carbocycles. The van der Waals surface area contributed by atoms with E-state index in [-0.39, 0.29) is 22.6 Å². The Morgan fingerprint density at radius 1 is 1.53 bits per heavy atom. The van der Waals surface area contributed by atoms with Crippen molar-refractivity contribution in [3.05, 3.63) is 28.4 Å². The summed E-state index contributed by atoms with van der Waals surface area (Å²) >= 11 is 0. The maximum atomic E-state index is 11.5. The zero-order valence-corrected chi connectivity index (χ0v) is 9.13. The van der Waals surface area contributed by atoms with Crippen molar-refractivity contribution in [1.82, 2.24) is 15.3 Å². The number of nitrogens with zero attached hydrogens (tertiary/aromatic N) is 1. The fourth-order valence-electron chi connectivity index (χ4n) is 0.902. The summed E-state index contributed by atoms with van der Waals surface area (Å²) in [6.07, 6.45) is 2.40. The standard InChI is InChI=1S/C10H15N3O2/c1-10(2,3)6-13-9(15)7-4-12-8(14)5-11-7/h4-5H,6H2,1-3H3,(H,12,14)(H,13,15). The third-order valence-corrected chi connectivity index (χ3v) is 1.68. The van der Waals surface area contributed by atoms with Crippen LogP contribution >= 0.6 is 0 Å². The van der Waals surface area contributed by atoms with Crippen LogP contribution in [0.4, 0.5) is 0 Å². The Balaban J connectivity index is 2.62. The Labute approximate surface area is 87.9 Å². The van der Waals surface area contributed by atoms with E-state index < -0.39 is 0 Å². The number of H-pyrrole nitrogens is 1. The van der Waals surface area contributed by atoms with Crippen LogP contribution in [0.25, 0.3) is 0 Å². The fourth-order valence-corrected chi connectivity index (χ4v) is 0.902. The van der Waals surface area contributed by atoms with Crippen molar-refractivity contribution in [1.29, 1.82) is 0 Å². The topological polar surface area (TPSA) is 74.8 Å². The smallest absolute Gasteiger partial charge is 0.271 e. The minimum atomic E-state index is -0.317. The molecule has 0 spiro atoms. The molecule has 1 amide bonds. The normalized spacial score (nSPS) is 11.1. The Hall–Kier alpha value is -1.65. The zero-order chi connectivity index (χ0) is 11.5. The molecule has 0 radical (unpaired) electrons. The monoisotopic (exact) mass is 209 g/mol. The van der Waals surface area contributed by atoms with Crippen LogP contribution in [-0.4, -0.2) is 22.4 Å². The summed E-state index contributed by atoms with van der Waals surface area (Å²) in [7, 11) is 0. The molecule has 1 aromatic rings. The molecule has 5 nitrogen and oxygen atoms in total. The third-order valence-electron chi connectivity index (χ3n) is 1.68. The summed E-state index contributed by atoms with van der Waals surface area (Å²) in [6.45, 7) is 6.63. The van der Waals surface area contributed by atoms with Gasteiger partial charge in [0.1, 0.15) is 5.69 Å². The van der Waals surface area contributed by atoms with E-state index >= 15 is 0 Å². The molecule has 5 heteroatoms. The van der Waals surface area contributed by atoms with E-state index in [9.17, 15) is 9.59 Å². The third kappa shape index (κ3) is 3.93. The largest absolute Gasteiger partial charge is 0.350 e. The summed E-state index contributed by atoms with van der Waals surface area (Å²) in [5.74, 6) is -0.277. The van der Waals surface area contributed by atoms with Gasteiger partial charge in [0, 0.05) is 12.7 Å². The lowest BCUT2D eigenvalue weighted by Crippen LogP contribution is -2.33. The van der Waals surface area contributed by atoms with E-state index in [1.54, 1.807) is 0 Å². The van der Waals surface area contributed by atoms with E-state index in [2.05, 4.69) is 15.3 Å². The van der Waals surface area contributed by atoms with E-state index in [1.807, 2.05) is 20.8 Å². The van der Waals surface area contributed by atoms with Gasteiger partial charge in [-0.3, -0.25) is 9.59 Å². The second kappa shape index (κ2) is 4.25. The predicted octanol–water partition coefficient (Wildman–Crippen LogP) is 0.546. The molecule has 1 aromatic heterocycles. The van der Waals surface area contributed by atoms with Crippen molar-refractivity contribution < 1.29 is 4.79 Å². The maximum Gasteiger partial charge on any atom is 0.271 e. The molecule has 1 heterocycles. The number of carbonyl (C=O) groups is 1. The Morgan fingerprint density at radius 2 is 2.20 bits per heavy atom. The number of aromatic amines is 1. The molecule has 0 aliphatic heterocycles. The first kappa shape index (κ1) is 11.4. The average Bonchev–Trinajstić information content (AvgIpc) is 2.14. The van der Waals surface area contributed by atoms with Gasteiger partial charge in [-0.1, -0.05) is 20.8 Å². The zero-order valence-electron chi connectivity index (χ0n) is 9.13. The number of amides is 1. The number of nitrogens with one attached hydrogen (secondary N) is 2. The van der Waals surface area contributed by atoms with Gasteiger partial charge in [0.2, 0.25) is 0 Å². The molecule has 82 valence electrons. The molecule has 0 saturated heterocycles. The first-order valence-corrected chi connectivity index (χ1v) is 4.71. The first-order chi connectivity index (χ1) is 6.88. The Bertz CT molecular complexity index is 383. The van der Waals surface area contributed by atoms with Gasteiger partial charge < -0.3 is 10.3 Å². The summed E-state index contributed by atoms with van der Waals surface area (Å²) in [4.78, 5) is 28.3. The lowest BCUT2D eigenvalue weighted by atomic mass is 9.97. The van der Waals surface area contributed by atoms with Crippen molar-refractivity contribution in [3.63, 3.8) is 0 Å². The lowest BCUT2D eigenvalue weighted by molar-refractivity contribution is 0.0934. The van der Waals surface area contributed by atoms with Crippen LogP contribution in [0.15, 0.2) is 17.2 Å². The summed E-state index contributed by atoms with van der Waals surface area (Å²) in [6, 6.07) is 0. The number of rotatable bonds is 2. The van der Waals surface area contributed by atoms with Gasteiger partial charge in [0.25, 0.3) is 11.5 Å². The van der Waals surface area contributed by atoms with Gasteiger partial charge >= 0.3 is 0 Å².